The molecule has 4 rings (SSSR count). The number of hydrogen-bond acceptors (Lipinski definition) is 5. The molecule has 0 aliphatic rings. The van der Waals surface area contributed by atoms with Crippen molar-refractivity contribution in [3.8, 4) is 11.5 Å². The zero-order valence-electron chi connectivity index (χ0n) is 17.7. The Bertz CT molecular complexity index is 1330. The molecule has 4 aromatic rings. The van der Waals surface area contributed by atoms with E-state index in [0.717, 1.165) is 26.9 Å². The second-order valence-corrected chi connectivity index (χ2v) is 8.72. The van der Waals surface area contributed by atoms with Gasteiger partial charge in [-0.2, -0.15) is 0 Å². The van der Waals surface area contributed by atoms with Crippen molar-refractivity contribution in [2.75, 3.05) is 12.4 Å². The van der Waals surface area contributed by atoms with Gasteiger partial charge in [0.15, 0.2) is 0 Å². The van der Waals surface area contributed by atoms with Crippen molar-refractivity contribution in [1.29, 1.82) is 0 Å². The minimum atomic E-state index is -0.553. The fourth-order valence-electron chi connectivity index (χ4n) is 3.28. The minimum absolute atomic E-state index is 0.240. The van der Waals surface area contributed by atoms with Crippen molar-refractivity contribution in [1.82, 2.24) is 0 Å². The van der Waals surface area contributed by atoms with Gasteiger partial charge < -0.3 is 14.8 Å². The van der Waals surface area contributed by atoms with Gasteiger partial charge in [0.25, 0.3) is 5.91 Å². The van der Waals surface area contributed by atoms with E-state index in [2.05, 4.69) is 5.32 Å². The van der Waals surface area contributed by atoms with E-state index in [4.69, 9.17) is 21.1 Å². The van der Waals surface area contributed by atoms with Crippen molar-refractivity contribution < 1.29 is 19.1 Å². The molecule has 1 heterocycles. The third-order valence-corrected chi connectivity index (χ3v) is 6.63. The van der Waals surface area contributed by atoms with Crippen LogP contribution in [0.1, 0.15) is 31.2 Å². The highest BCUT2D eigenvalue weighted by molar-refractivity contribution is 7.21. The number of carbonyl (C=O) groups is 2. The number of nitrogens with one attached hydrogen (secondary N) is 1. The number of fused-ring (bicyclic) bond motifs is 1. The molecule has 162 valence electrons. The molecule has 0 aliphatic heterocycles. The first-order valence-electron chi connectivity index (χ1n) is 9.82. The van der Waals surface area contributed by atoms with E-state index in [1.165, 1.54) is 11.3 Å². The van der Waals surface area contributed by atoms with Gasteiger partial charge >= 0.3 is 5.97 Å². The number of thiophene rings is 1. The molecule has 0 aliphatic carbocycles. The summed E-state index contributed by atoms with van der Waals surface area (Å²) in [5.41, 5.74) is 3.33. The van der Waals surface area contributed by atoms with E-state index in [1.54, 1.807) is 37.4 Å². The van der Waals surface area contributed by atoms with Gasteiger partial charge in [-0.05, 0) is 67.9 Å². The van der Waals surface area contributed by atoms with Crippen LogP contribution < -0.4 is 14.8 Å². The van der Waals surface area contributed by atoms with Crippen molar-refractivity contribution in [3.05, 3.63) is 87.3 Å². The zero-order valence-corrected chi connectivity index (χ0v) is 19.3. The van der Waals surface area contributed by atoms with Crippen molar-refractivity contribution >= 4 is 50.6 Å². The molecule has 5 nitrogen and oxygen atoms in total. The Morgan fingerprint density at radius 1 is 0.938 bits per heavy atom. The quantitative estimate of drug-likeness (QED) is 0.264. The standard InChI is InChI=1S/C25H20ClNO4S/c1-14-4-10-20(15(2)12-14)27-24(28)16-5-7-17(8-6-16)31-25(29)23-22(26)19-13-18(30-3)9-11-21(19)32-23/h4-13H,1-3H3,(H,27,28). The second-order valence-electron chi connectivity index (χ2n) is 7.29. The van der Waals surface area contributed by atoms with Crippen LogP contribution in [0.15, 0.2) is 60.7 Å². The monoisotopic (exact) mass is 465 g/mol. The number of rotatable bonds is 5. The average molecular weight is 466 g/mol. The van der Waals surface area contributed by atoms with E-state index in [1.807, 2.05) is 44.2 Å². The van der Waals surface area contributed by atoms with E-state index < -0.39 is 5.97 Å². The molecule has 0 unspecified atom stereocenters. The number of methoxy groups -OCH3 is 1. The van der Waals surface area contributed by atoms with E-state index >= 15 is 0 Å². The summed E-state index contributed by atoms with van der Waals surface area (Å²) < 4.78 is 11.6. The molecule has 1 amide bonds. The number of benzene rings is 3. The Balaban J connectivity index is 1.47. The van der Waals surface area contributed by atoms with E-state index in [9.17, 15) is 9.59 Å². The summed E-state index contributed by atoms with van der Waals surface area (Å²) in [6.45, 7) is 3.95. The largest absolute Gasteiger partial charge is 0.497 e. The Morgan fingerprint density at radius 3 is 2.34 bits per heavy atom. The first kappa shape index (κ1) is 21.9. The number of esters is 1. The summed E-state index contributed by atoms with van der Waals surface area (Å²) in [4.78, 5) is 25.5. The Hall–Kier alpha value is -3.35. The zero-order chi connectivity index (χ0) is 22.8. The summed E-state index contributed by atoms with van der Waals surface area (Å²) in [6, 6.07) is 17.7. The number of amides is 1. The van der Waals surface area contributed by atoms with Gasteiger partial charge in [-0.3, -0.25) is 4.79 Å². The van der Waals surface area contributed by atoms with Crippen LogP contribution in [0.3, 0.4) is 0 Å². The van der Waals surface area contributed by atoms with Gasteiger partial charge in [0.2, 0.25) is 0 Å². The summed E-state index contributed by atoms with van der Waals surface area (Å²) in [6.07, 6.45) is 0. The van der Waals surface area contributed by atoms with Crippen LogP contribution in [-0.4, -0.2) is 19.0 Å². The molecule has 0 saturated carbocycles. The predicted octanol–water partition coefficient (Wildman–Crippen LogP) is 6.65. The van der Waals surface area contributed by atoms with Crippen molar-refractivity contribution in [3.63, 3.8) is 0 Å². The number of halogens is 1. The van der Waals surface area contributed by atoms with Crippen LogP contribution in [0.2, 0.25) is 5.02 Å². The maximum atomic E-state index is 12.7. The molecule has 0 bridgehead atoms. The van der Waals surface area contributed by atoms with Gasteiger partial charge in [0, 0.05) is 21.3 Å². The lowest BCUT2D eigenvalue weighted by atomic mass is 10.1. The normalized spacial score (nSPS) is 10.8. The highest BCUT2D eigenvalue weighted by atomic mass is 35.5. The molecule has 1 N–H and O–H groups in total. The number of carbonyl (C=O) groups excluding carboxylic acids is 2. The van der Waals surface area contributed by atoms with Crippen LogP contribution in [0.4, 0.5) is 5.69 Å². The van der Waals surface area contributed by atoms with Crippen LogP contribution in [0.25, 0.3) is 10.1 Å². The second kappa shape index (κ2) is 9.02. The Morgan fingerprint density at radius 2 is 1.66 bits per heavy atom. The van der Waals surface area contributed by atoms with Gasteiger partial charge in [-0.1, -0.05) is 29.3 Å². The van der Waals surface area contributed by atoms with Crippen molar-refractivity contribution in [2.45, 2.75) is 13.8 Å². The number of aryl methyl sites for hydroxylation is 2. The van der Waals surface area contributed by atoms with Crippen LogP contribution in [-0.2, 0) is 0 Å². The number of anilines is 1. The highest BCUT2D eigenvalue weighted by Gasteiger charge is 2.20. The topological polar surface area (TPSA) is 64.6 Å². The molecule has 32 heavy (non-hydrogen) atoms. The molecule has 0 fully saturated rings. The molecule has 7 heteroatoms. The van der Waals surface area contributed by atoms with E-state index in [0.29, 0.717) is 27.0 Å². The molecular formula is C25H20ClNO4S. The maximum absolute atomic E-state index is 12.7. The molecule has 0 radical (unpaired) electrons. The van der Waals surface area contributed by atoms with E-state index in [-0.39, 0.29) is 5.91 Å². The minimum Gasteiger partial charge on any atom is -0.497 e. The average Bonchev–Trinajstić information content (AvgIpc) is 3.12. The first-order valence-corrected chi connectivity index (χ1v) is 11.0. The summed E-state index contributed by atoms with van der Waals surface area (Å²) >= 11 is 7.67. The van der Waals surface area contributed by atoms with Crippen molar-refractivity contribution in [2.24, 2.45) is 0 Å². The lowest BCUT2D eigenvalue weighted by Crippen LogP contribution is -2.13. The van der Waals surface area contributed by atoms with Gasteiger partial charge in [-0.25, -0.2) is 4.79 Å². The molecule has 0 atom stereocenters. The summed E-state index contributed by atoms with van der Waals surface area (Å²) in [5.74, 6) is 0.190. The Labute approximate surface area is 194 Å². The van der Waals surface area contributed by atoms with Gasteiger partial charge in [0.1, 0.15) is 16.4 Å². The molecule has 3 aromatic carbocycles. The molecular weight excluding hydrogens is 446 g/mol. The molecule has 1 aromatic heterocycles. The predicted molar refractivity (Wildman–Crippen MR) is 129 cm³/mol. The molecule has 0 saturated heterocycles. The lowest BCUT2D eigenvalue weighted by molar-refractivity contribution is 0.0740. The number of hydrogen-bond donors (Lipinski definition) is 1. The SMILES string of the molecule is COc1ccc2sc(C(=O)Oc3ccc(C(=O)Nc4ccc(C)cc4C)cc3)c(Cl)c2c1. The van der Waals surface area contributed by atoms with Crippen LogP contribution in [0, 0.1) is 13.8 Å². The van der Waals surface area contributed by atoms with Gasteiger partial charge in [0.05, 0.1) is 12.1 Å². The van der Waals surface area contributed by atoms with Gasteiger partial charge in [-0.15, -0.1) is 11.3 Å². The fraction of sp³-hybridized carbons (Fsp3) is 0.120. The van der Waals surface area contributed by atoms with Crippen LogP contribution in [0.5, 0.6) is 11.5 Å². The summed E-state index contributed by atoms with van der Waals surface area (Å²) in [5, 5.41) is 3.97. The fourth-order valence-corrected chi connectivity index (χ4v) is 4.64. The first-order chi connectivity index (χ1) is 15.4. The number of ether oxygens (including phenoxy) is 2. The molecule has 0 spiro atoms. The van der Waals surface area contributed by atoms with Crippen LogP contribution >= 0.6 is 22.9 Å². The smallest absolute Gasteiger partial charge is 0.355 e. The Kier molecular flexibility index (Phi) is 6.17. The highest BCUT2D eigenvalue weighted by Crippen LogP contribution is 2.37. The maximum Gasteiger partial charge on any atom is 0.355 e. The third kappa shape index (κ3) is 4.47. The summed E-state index contributed by atoms with van der Waals surface area (Å²) in [7, 11) is 1.57. The lowest BCUT2D eigenvalue weighted by Gasteiger charge is -2.10. The third-order valence-electron chi connectivity index (χ3n) is 4.98.